The van der Waals surface area contributed by atoms with E-state index >= 15 is 0 Å². The number of cyclic esters (lactones) is 1. The Labute approximate surface area is 124 Å². The normalized spacial score (nSPS) is 17.6. The maximum atomic E-state index is 11.5. The molecule has 0 aliphatic carbocycles. The summed E-state index contributed by atoms with van der Waals surface area (Å²) in [5, 5.41) is 3.26. The lowest BCUT2D eigenvalue weighted by atomic mass is 10.2. The molecule has 0 saturated carbocycles. The van der Waals surface area contributed by atoms with Crippen molar-refractivity contribution in [3.63, 3.8) is 0 Å². The van der Waals surface area contributed by atoms with Gasteiger partial charge in [-0.05, 0) is 17.7 Å². The number of rotatable bonds is 8. The number of benzene rings is 1. The Kier molecular flexibility index (Phi) is 5.83. The highest BCUT2D eigenvalue weighted by molar-refractivity contribution is 5.77. The van der Waals surface area contributed by atoms with E-state index in [1.165, 1.54) is 0 Å². The Morgan fingerprint density at radius 1 is 1.33 bits per heavy atom. The highest BCUT2D eigenvalue weighted by atomic mass is 16.6. The van der Waals surface area contributed by atoms with Crippen LogP contribution in [0, 0.1) is 0 Å². The SMILES string of the molecule is COCCNCc1ccc(OC)c(OC2CCOC2=O)c1. The molecule has 1 aromatic rings. The van der Waals surface area contributed by atoms with Crippen LogP contribution in [0.3, 0.4) is 0 Å². The third kappa shape index (κ3) is 4.34. The summed E-state index contributed by atoms with van der Waals surface area (Å²) >= 11 is 0. The van der Waals surface area contributed by atoms with Gasteiger partial charge in [-0.25, -0.2) is 4.79 Å². The molecule has 1 heterocycles. The summed E-state index contributed by atoms with van der Waals surface area (Å²) in [6.45, 7) is 2.53. The summed E-state index contributed by atoms with van der Waals surface area (Å²) < 4.78 is 20.9. The summed E-state index contributed by atoms with van der Waals surface area (Å²) in [4.78, 5) is 11.5. The standard InChI is InChI=1S/C15H21NO5/c1-18-8-6-16-10-11-3-4-12(19-2)14(9-11)21-13-5-7-20-15(13)17/h3-4,9,13,16H,5-8,10H2,1-2H3. The van der Waals surface area contributed by atoms with Crippen molar-refractivity contribution in [2.24, 2.45) is 0 Å². The molecule has 116 valence electrons. The fraction of sp³-hybridized carbons (Fsp3) is 0.533. The lowest BCUT2D eigenvalue weighted by molar-refractivity contribution is -0.143. The van der Waals surface area contributed by atoms with Crippen LogP contribution in [-0.4, -0.2) is 46.1 Å². The number of esters is 1. The second kappa shape index (κ2) is 7.85. The molecule has 1 unspecified atom stereocenters. The van der Waals surface area contributed by atoms with E-state index in [1.807, 2.05) is 18.2 Å². The number of ether oxygens (including phenoxy) is 4. The van der Waals surface area contributed by atoms with E-state index in [4.69, 9.17) is 18.9 Å². The minimum atomic E-state index is -0.546. The van der Waals surface area contributed by atoms with Crippen molar-refractivity contribution < 1.29 is 23.7 Å². The molecule has 1 N–H and O–H groups in total. The van der Waals surface area contributed by atoms with Crippen molar-refractivity contribution in [2.75, 3.05) is 34.0 Å². The van der Waals surface area contributed by atoms with Gasteiger partial charge in [-0.15, -0.1) is 0 Å². The summed E-state index contributed by atoms with van der Waals surface area (Å²) in [7, 11) is 3.24. The van der Waals surface area contributed by atoms with Crippen LogP contribution in [0.5, 0.6) is 11.5 Å². The Morgan fingerprint density at radius 2 is 2.19 bits per heavy atom. The zero-order valence-electron chi connectivity index (χ0n) is 12.4. The Hall–Kier alpha value is -1.79. The second-order valence-corrected chi connectivity index (χ2v) is 4.72. The molecule has 6 nitrogen and oxygen atoms in total. The topological polar surface area (TPSA) is 66.0 Å². The largest absolute Gasteiger partial charge is 0.493 e. The van der Waals surface area contributed by atoms with E-state index in [2.05, 4.69) is 5.32 Å². The molecule has 21 heavy (non-hydrogen) atoms. The number of hydrogen-bond acceptors (Lipinski definition) is 6. The first-order chi connectivity index (χ1) is 10.2. The van der Waals surface area contributed by atoms with E-state index < -0.39 is 6.10 Å². The van der Waals surface area contributed by atoms with Crippen LogP contribution in [0.15, 0.2) is 18.2 Å². The van der Waals surface area contributed by atoms with Crippen LogP contribution in [0.1, 0.15) is 12.0 Å². The molecule has 1 saturated heterocycles. The van der Waals surface area contributed by atoms with Crippen molar-refractivity contribution in [1.29, 1.82) is 0 Å². The van der Waals surface area contributed by atoms with Gasteiger partial charge in [0.25, 0.3) is 0 Å². The third-order valence-corrected chi connectivity index (χ3v) is 3.20. The predicted octanol–water partition coefficient (Wildman–Crippen LogP) is 1.13. The quantitative estimate of drug-likeness (QED) is 0.573. The summed E-state index contributed by atoms with van der Waals surface area (Å²) in [6.07, 6.45) is 0.0220. The van der Waals surface area contributed by atoms with Crippen LogP contribution < -0.4 is 14.8 Å². The van der Waals surface area contributed by atoms with Gasteiger partial charge in [-0.3, -0.25) is 0 Å². The van der Waals surface area contributed by atoms with Gasteiger partial charge in [0.05, 0.1) is 20.3 Å². The van der Waals surface area contributed by atoms with E-state index in [1.54, 1.807) is 14.2 Å². The van der Waals surface area contributed by atoms with Gasteiger partial charge in [-0.2, -0.15) is 0 Å². The van der Waals surface area contributed by atoms with Crippen molar-refractivity contribution in [2.45, 2.75) is 19.1 Å². The van der Waals surface area contributed by atoms with E-state index in [-0.39, 0.29) is 5.97 Å². The van der Waals surface area contributed by atoms with Gasteiger partial charge in [0.1, 0.15) is 0 Å². The van der Waals surface area contributed by atoms with Gasteiger partial charge in [-0.1, -0.05) is 6.07 Å². The summed E-state index contributed by atoms with van der Waals surface area (Å²) in [5.74, 6) is 0.850. The first-order valence-electron chi connectivity index (χ1n) is 6.94. The Balaban J connectivity index is 2.01. The zero-order valence-corrected chi connectivity index (χ0v) is 12.4. The minimum absolute atomic E-state index is 0.319. The smallest absolute Gasteiger partial charge is 0.347 e. The Bertz CT molecular complexity index is 477. The predicted molar refractivity (Wildman–Crippen MR) is 76.6 cm³/mol. The number of carbonyl (C=O) groups is 1. The highest BCUT2D eigenvalue weighted by Crippen LogP contribution is 2.30. The number of carbonyl (C=O) groups excluding carboxylic acids is 1. The molecule has 1 aromatic carbocycles. The van der Waals surface area contributed by atoms with Gasteiger partial charge in [0, 0.05) is 26.6 Å². The number of hydrogen-bond donors (Lipinski definition) is 1. The average molecular weight is 295 g/mol. The fourth-order valence-corrected chi connectivity index (χ4v) is 2.07. The minimum Gasteiger partial charge on any atom is -0.493 e. The maximum absolute atomic E-state index is 11.5. The average Bonchev–Trinajstić information content (AvgIpc) is 2.89. The van der Waals surface area contributed by atoms with Crippen LogP contribution in [-0.2, 0) is 20.8 Å². The maximum Gasteiger partial charge on any atom is 0.347 e. The van der Waals surface area contributed by atoms with E-state index in [0.29, 0.717) is 37.7 Å². The van der Waals surface area contributed by atoms with Crippen molar-refractivity contribution >= 4 is 5.97 Å². The molecule has 0 aromatic heterocycles. The van der Waals surface area contributed by atoms with E-state index in [9.17, 15) is 4.79 Å². The first-order valence-corrected chi connectivity index (χ1v) is 6.94. The molecule has 0 bridgehead atoms. The fourth-order valence-electron chi connectivity index (χ4n) is 2.07. The summed E-state index contributed by atoms with van der Waals surface area (Å²) in [6, 6.07) is 5.67. The molecule has 1 fully saturated rings. The highest BCUT2D eigenvalue weighted by Gasteiger charge is 2.29. The molecular formula is C15H21NO5. The van der Waals surface area contributed by atoms with Gasteiger partial charge in [0.15, 0.2) is 17.6 Å². The lowest BCUT2D eigenvalue weighted by Gasteiger charge is -2.15. The zero-order chi connectivity index (χ0) is 15.1. The molecule has 1 aliphatic rings. The van der Waals surface area contributed by atoms with E-state index in [0.717, 1.165) is 12.1 Å². The monoisotopic (exact) mass is 295 g/mol. The lowest BCUT2D eigenvalue weighted by Crippen LogP contribution is -2.22. The summed E-state index contributed by atoms with van der Waals surface area (Å²) in [5.41, 5.74) is 1.05. The number of methoxy groups -OCH3 is 2. The van der Waals surface area contributed by atoms with Crippen LogP contribution in [0.25, 0.3) is 0 Å². The van der Waals surface area contributed by atoms with Gasteiger partial charge < -0.3 is 24.3 Å². The van der Waals surface area contributed by atoms with Crippen molar-refractivity contribution in [3.8, 4) is 11.5 Å². The molecule has 2 rings (SSSR count). The van der Waals surface area contributed by atoms with Crippen LogP contribution in [0.2, 0.25) is 0 Å². The molecular weight excluding hydrogens is 274 g/mol. The molecule has 0 radical (unpaired) electrons. The van der Waals surface area contributed by atoms with Crippen molar-refractivity contribution in [3.05, 3.63) is 23.8 Å². The van der Waals surface area contributed by atoms with Crippen LogP contribution >= 0.6 is 0 Å². The van der Waals surface area contributed by atoms with Gasteiger partial charge >= 0.3 is 5.97 Å². The molecule has 1 aliphatic heterocycles. The van der Waals surface area contributed by atoms with Gasteiger partial charge in [0.2, 0.25) is 0 Å². The third-order valence-electron chi connectivity index (χ3n) is 3.20. The van der Waals surface area contributed by atoms with Crippen molar-refractivity contribution in [1.82, 2.24) is 5.32 Å². The molecule has 1 atom stereocenters. The molecule has 6 heteroatoms. The second-order valence-electron chi connectivity index (χ2n) is 4.72. The Morgan fingerprint density at radius 3 is 2.86 bits per heavy atom. The number of nitrogens with one attached hydrogen (secondary N) is 1. The van der Waals surface area contributed by atoms with Crippen LogP contribution in [0.4, 0.5) is 0 Å². The molecule has 0 spiro atoms. The first kappa shape index (κ1) is 15.6. The molecule has 0 amide bonds.